The van der Waals surface area contributed by atoms with Gasteiger partial charge in [0, 0.05) is 19.3 Å². The number of rotatable bonds is 3. The third kappa shape index (κ3) is 2.91. The number of anilines is 1. The van der Waals surface area contributed by atoms with Gasteiger partial charge in [0.05, 0.1) is 6.10 Å². The van der Waals surface area contributed by atoms with Crippen LogP contribution in [0.25, 0.3) is 0 Å². The number of nitrogens with one attached hydrogen (secondary N) is 1. The van der Waals surface area contributed by atoms with Gasteiger partial charge < -0.3 is 10.1 Å². The number of hydrogen-bond acceptors (Lipinski definition) is 5. The van der Waals surface area contributed by atoms with E-state index in [0.29, 0.717) is 18.2 Å². The van der Waals surface area contributed by atoms with Crippen molar-refractivity contribution in [1.82, 2.24) is 9.97 Å². The summed E-state index contributed by atoms with van der Waals surface area (Å²) in [5, 5.41) is 11.8. The second-order valence-electron chi connectivity index (χ2n) is 3.75. The Kier molecular flexibility index (Phi) is 3.67. The molecule has 1 atom stereocenters. The highest BCUT2D eigenvalue weighted by molar-refractivity contribution is 5.30. The quantitative estimate of drug-likeness (QED) is 0.828. The summed E-state index contributed by atoms with van der Waals surface area (Å²) in [6, 6.07) is 3.57. The Hall–Kier alpha value is -1.67. The van der Waals surface area contributed by atoms with Crippen LogP contribution >= 0.6 is 0 Å². The summed E-state index contributed by atoms with van der Waals surface area (Å²) >= 11 is 0. The Balaban J connectivity index is 1.86. The van der Waals surface area contributed by atoms with Gasteiger partial charge in [0.15, 0.2) is 0 Å². The van der Waals surface area contributed by atoms with Crippen LogP contribution < -0.4 is 5.32 Å². The van der Waals surface area contributed by atoms with Crippen LogP contribution in [0, 0.1) is 11.3 Å². The number of ether oxygens (including phenoxy) is 1. The molecule has 1 unspecified atom stereocenters. The molecule has 0 aromatic carbocycles. The zero-order valence-electron chi connectivity index (χ0n) is 9.02. The third-order valence-corrected chi connectivity index (χ3v) is 2.53. The molecule has 1 aliphatic rings. The highest BCUT2D eigenvalue weighted by Crippen LogP contribution is 2.12. The predicted molar refractivity (Wildman–Crippen MR) is 58.8 cm³/mol. The van der Waals surface area contributed by atoms with Crippen LogP contribution in [0.4, 0.5) is 5.95 Å². The van der Waals surface area contributed by atoms with Gasteiger partial charge >= 0.3 is 0 Å². The fourth-order valence-electron chi connectivity index (χ4n) is 1.68. The van der Waals surface area contributed by atoms with Crippen molar-refractivity contribution < 1.29 is 4.74 Å². The van der Waals surface area contributed by atoms with Gasteiger partial charge in [-0.2, -0.15) is 5.26 Å². The first-order valence-electron chi connectivity index (χ1n) is 5.47. The third-order valence-electron chi connectivity index (χ3n) is 2.53. The van der Waals surface area contributed by atoms with Gasteiger partial charge in [-0.05, 0) is 25.3 Å². The molecular weight excluding hydrogens is 204 g/mol. The fraction of sp³-hybridized carbons (Fsp3) is 0.545. The molecule has 0 bridgehead atoms. The lowest BCUT2D eigenvalue weighted by molar-refractivity contribution is 0.0246. The van der Waals surface area contributed by atoms with E-state index in [1.54, 1.807) is 12.3 Å². The molecule has 0 aliphatic carbocycles. The van der Waals surface area contributed by atoms with Crippen LogP contribution in [0.15, 0.2) is 12.3 Å². The van der Waals surface area contributed by atoms with Crippen molar-refractivity contribution in [3.05, 3.63) is 18.0 Å². The van der Waals surface area contributed by atoms with E-state index in [9.17, 15) is 0 Å². The van der Waals surface area contributed by atoms with Crippen LogP contribution in [-0.4, -0.2) is 29.2 Å². The van der Waals surface area contributed by atoms with Crippen molar-refractivity contribution in [3.8, 4) is 6.07 Å². The Bertz CT molecular complexity index is 382. The topological polar surface area (TPSA) is 70.8 Å². The van der Waals surface area contributed by atoms with E-state index in [2.05, 4.69) is 15.3 Å². The van der Waals surface area contributed by atoms with Crippen LogP contribution in [0.3, 0.4) is 0 Å². The van der Waals surface area contributed by atoms with Crippen molar-refractivity contribution in [2.75, 3.05) is 18.5 Å². The minimum Gasteiger partial charge on any atom is -0.376 e. The summed E-state index contributed by atoms with van der Waals surface area (Å²) in [5.74, 6) is 0.494. The Morgan fingerprint density at radius 2 is 2.50 bits per heavy atom. The van der Waals surface area contributed by atoms with E-state index in [1.165, 1.54) is 6.42 Å². The lowest BCUT2D eigenvalue weighted by Crippen LogP contribution is -2.27. The van der Waals surface area contributed by atoms with Gasteiger partial charge in [0.25, 0.3) is 0 Å². The van der Waals surface area contributed by atoms with Crippen molar-refractivity contribution >= 4 is 5.95 Å². The standard InChI is InChI=1S/C11H14N4O/c12-7-9-4-5-13-11(15-9)14-8-10-3-1-2-6-16-10/h4-5,10H,1-3,6,8H2,(H,13,14,15). The predicted octanol–water partition coefficient (Wildman–Crippen LogP) is 1.33. The first kappa shape index (κ1) is 10.8. The van der Waals surface area contributed by atoms with Crippen molar-refractivity contribution in [1.29, 1.82) is 5.26 Å². The van der Waals surface area contributed by atoms with Crippen molar-refractivity contribution in [2.24, 2.45) is 0 Å². The van der Waals surface area contributed by atoms with Crippen LogP contribution in [0.1, 0.15) is 25.0 Å². The molecule has 0 saturated carbocycles. The number of nitriles is 1. The average molecular weight is 218 g/mol. The minimum atomic E-state index is 0.239. The maximum Gasteiger partial charge on any atom is 0.223 e. The lowest BCUT2D eigenvalue weighted by atomic mass is 10.1. The van der Waals surface area contributed by atoms with Gasteiger partial charge in [-0.1, -0.05) is 0 Å². The van der Waals surface area contributed by atoms with Crippen LogP contribution in [0.2, 0.25) is 0 Å². The maximum absolute atomic E-state index is 8.69. The molecule has 1 fully saturated rings. The van der Waals surface area contributed by atoms with Gasteiger partial charge in [0.2, 0.25) is 5.95 Å². The van der Waals surface area contributed by atoms with Gasteiger partial charge in [0.1, 0.15) is 11.8 Å². The Morgan fingerprint density at radius 3 is 3.25 bits per heavy atom. The van der Waals surface area contributed by atoms with E-state index >= 15 is 0 Å². The maximum atomic E-state index is 8.69. The molecule has 84 valence electrons. The van der Waals surface area contributed by atoms with E-state index in [1.807, 2.05) is 6.07 Å². The molecule has 16 heavy (non-hydrogen) atoms. The second-order valence-corrected chi connectivity index (χ2v) is 3.75. The Morgan fingerprint density at radius 1 is 1.56 bits per heavy atom. The van der Waals surface area contributed by atoms with E-state index in [0.717, 1.165) is 19.4 Å². The van der Waals surface area contributed by atoms with E-state index < -0.39 is 0 Å². The highest BCUT2D eigenvalue weighted by Gasteiger charge is 2.13. The van der Waals surface area contributed by atoms with E-state index in [-0.39, 0.29) is 6.10 Å². The highest BCUT2D eigenvalue weighted by atomic mass is 16.5. The first-order valence-corrected chi connectivity index (χ1v) is 5.47. The van der Waals surface area contributed by atoms with Crippen molar-refractivity contribution in [3.63, 3.8) is 0 Å². The molecule has 1 saturated heterocycles. The number of aromatic nitrogens is 2. The SMILES string of the molecule is N#Cc1ccnc(NCC2CCCCO2)n1. The molecule has 1 aromatic rings. The molecule has 1 aromatic heterocycles. The molecule has 2 heterocycles. The fourth-order valence-corrected chi connectivity index (χ4v) is 1.68. The van der Waals surface area contributed by atoms with Gasteiger partial charge in [-0.3, -0.25) is 0 Å². The molecule has 0 spiro atoms. The second kappa shape index (κ2) is 5.42. The molecule has 5 heteroatoms. The molecule has 2 rings (SSSR count). The first-order chi connectivity index (χ1) is 7.88. The van der Waals surface area contributed by atoms with Gasteiger partial charge in [-0.15, -0.1) is 0 Å². The molecular formula is C11H14N4O. The molecule has 0 amide bonds. The smallest absolute Gasteiger partial charge is 0.223 e. The minimum absolute atomic E-state index is 0.239. The summed E-state index contributed by atoms with van der Waals surface area (Å²) in [5.41, 5.74) is 0.377. The molecule has 0 radical (unpaired) electrons. The normalized spacial score (nSPS) is 20.1. The summed E-state index contributed by atoms with van der Waals surface area (Å²) in [7, 11) is 0. The largest absolute Gasteiger partial charge is 0.376 e. The lowest BCUT2D eigenvalue weighted by Gasteiger charge is -2.22. The van der Waals surface area contributed by atoms with Crippen LogP contribution in [-0.2, 0) is 4.74 Å². The zero-order chi connectivity index (χ0) is 11.2. The molecule has 5 nitrogen and oxygen atoms in total. The summed E-state index contributed by atoms with van der Waals surface area (Å²) < 4.78 is 5.57. The van der Waals surface area contributed by atoms with Crippen LogP contribution in [0.5, 0.6) is 0 Å². The summed E-state index contributed by atoms with van der Waals surface area (Å²) in [6.45, 7) is 1.54. The number of nitrogens with zero attached hydrogens (tertiary/aromatic N) is 3. The summed E-state index contributed by atoms with van der Waals surface area (Å²) in [4.78, 5) is 8.08. The van der Waals surface area contributed by atoms with Gasteiger partial charge in [-0.25, -0.2) is 9.97 Å². The molecule has 1 aliphatic heterocycles. The number of hydrogen-bond donors (Lipinski definition) is 1. The zero-order valence-corrected chi connectivity index (χ0v) is 9.02. The van der Waals surface area contributed by atoms with E-state index in [4.69, 9.17) is 10.00 Å². The average Bonchev–Trinajstić information content (AvgIpc) is 2.38. The Labute approximate surface area is 94.5 Å². The van der Waals surface area contributed by atoms with Crippen molar-refractivity contribution in [2.45, 2.75) is 25.4 Å². The summed E-state index contributed by atoms with van der Waals surface area (Å²) in [6.07, 6.45) is 5.26. The molecule has 1 N–H and O–H groups in total. The monoisotopic (exact) mass is 218 g/mol.